The van der Waals surface area contributed by atoms with Gasteiger partial charge in [0.2, 0.25) is 0 Å². The summed E-state index contributed by atoms with van der Waals surface area (Å²) in [6.07, 6.45) is 0. The molecule has 0 atom stereocenters. The molecule has 0 fully saturated rings. The first-order valence-electron chi connectivity index (χ1n) is 4.81. The van der Waals surface area contributed by atoms with Crippen molar-refractivity contribution < 1.29 is 35.9 Å². The Balaban J connectivity index is 0. The molecule has 0 aliphatic rings. The van der Waals surface area contributed by atoms with Crippen LogP contribution in [0.15, 0.2) is 54.6 Å². The first-order valence-corrected chi connectivity index (χ1v) is 4.81. The maximum atomic E-state index is 2.16. The fourth-order valence-corrected chi connectivity index (χ4v) is 1.21. The molecule has 0 aliphatic heterocycles. The van der Waals surface area contributed by atoms with Gasteiger partial charge in [-0.1, -0.05) is 0 Å². The third-order valence-electron chi connectivity index (χ3n) is 1.79. The van der Waals surface area contributed by atoms with Crippen molar-refractivity contribution in [2.45, 2.75) is 6.54 Å². The van der Waals surface area contributed by atoms with Crippen LogP contribution in [0.5, 0.6) is 0 Å². The zero-order chi connectivity index (χ0) is 10.2. The summed E-state index contributed by atoms with van der Waals surface area (Å²) in [6, 6.07) is 18.4. The van der Waals surface area contributed by atoms with Crippen LogP contribution in [0.1, 0.15) is 5.56 Å². The zero-order valence-corrected chi connectivity index (χ0v) is 11.3. The Bertz CT molecular complexity index is 283. The topological polar surface area (TPSA) is 3.24 Å². The second-order valence-corrected chi connectivity index (χ2v) is 3.49. The smallest absolute Gasteiger partial charge is 0.307 e. The molecule has 3 heteroatoms. The minimum atomic E-state index is 0. The van der Waals surface area contributed by atoms with Gasteiger partial charge in [0, 0.05) is 17.1 Å². The van der Waals surface area contributed by atoms with Gasteiger partial charge in [0.25, 0.3) is 0 Å². The monoisotopic (exact) mass is 250 g/mol. The van der Waals surface area contributed by atoms with Gasteiger partial charge in [-0.05, 0) is 20.6 Å². The molecule has 0 radical (unpaired) electrons. The SMILES string of the molecule is CN(C)Cc1ccc[cH-]1.[Fe].[Li+].c1cc[cH-]c1. The van der Waals surface area contributed by atoms with E-state index in [4.69, 9.17) is 0 Å². The standard InChI is InChI=1S/C8H12N.C5H5.Fe.Li/c1-9(2)7-8-5-3-4-6-8;1-2-4-5-3-1;;/h3-6H,7H2,1-2H3;1-5H;;/q2*-1;;+1. The van der Waals surface area contributed by atoms with Crippen molar-refractivity contribution in [1.29, 1.82) is 0 Å². The molecule has 16 heavy (non-hydrogen) atoms. The molecule has 0 unspecified atom stereocenters. The Morgan fingerprint density at radius 2 is 1.69 bits per heavy atom. The van der Waals surface area contributed by atoms with Crippen LogP contribution in [0, 0.1) is 0 Å². The number of hydrogen-bond acceptors (Lipinski definition) is 1. The molecule has 2 rings (SSSR count). The average molecular weight is 250 g/mol. The average Bonchev–Trinajstić information content (AvgIpc) is 2.75. The molecule has 0 heterocycles. The summed E-state index contributed by atoms with van der Waals surface area (Å²) in [5, 5.41) is 0. The Labute approximate surface area is 121 Å². The molecule has 0 saturated carbocycles. The van der Waals surface area contributed by atoms with Gasteiger partial charge in [-0.3, -0.25) is 0 Å². The molecule has 0 aliphatic carbocycles. The van der Waals surface area contributed by atoms with Crippen molar-refractivity contribution in [3.8, 4) is 0 Å². The summed E-state index contributed by atoms with van der Waals surface area (Å²) in [4.78, 5) is 2.16. The van der Waals surface area contributed by atoms with Crippen molar-refractivity contribution >= 4 is 0 Å². The van der Waals surface area contributed by atoms with Crippen molar-refractivity contribution in [3.05, 3.63) is 60.2 Å². The van der Waals surface area contributed by atoms with E-state index in [9.17, 15) is 0 Å². The Morgan fingerprint density at radius 1 is 1.06 bits per heavy atom. The summed E-state index contributed by atoms with van der Waals surface area (Å²) in [7, 11) is 4.15. The van der Waals surface area contributed by atoms with Crippen LogP contribution in [0.3, 0.4) is 0 Å². The molecule has 0 spiro atoms. The summed E-state index contributed by atoms with van der Waals surface area (Å²) in [5.41, 5.74) is 1.39. The van der Waals surface area contributed by atoms with Crippen LogP contribution in [0.2, 0.25) is 0 Å². The van der Waals surface area contributed by atoms with Crippen molar-refractivity contribution in [2.24, 2.45) is 0 Å². The van der Waals surface area contributed by atoms with Gasteiger partial charge in [-0.2, -0.15) is 35.9 Å². The van der Waals surface area contributed by atoms with E-state index in [0.29, 0.717) is 0 Å². The summed E-state index contributed by atoms with van der Waals surface area (Å²) in [5.74, 6) is 0. The second kappa shape index (κ2) is 11.3. The van der Waals surface area contributed by atoms with Gasteiger partial charge in [0.15, 0.2) is 0 Å². The van der Waals surface area contributed by atoms with Gasteiger partial charge in [-0.25, -0.2) is 24.3 Å². The Kier molecular flexibility index (Phi) is 12.8. The molecule has 0 aromatic heterocycles. The molecule has 0 bridgehead atoms. The number of hydrogen-bond donors (Lipinski definition) is 0. The molecule has 2 aromatic rings. The largest absolute Gasteiger partial charge is 1.00 e. The van der Waals surface area contributed by atoms with E-state index in [1.54, 1.807) is 0 Å². The predicted molar refractivity (Wildman–Crippen MR) is 61.5 cm³/mol. The van der Waals surface area contributed by atoms with Crippen molar-refractivity contribution in [1.82, 2.24) is 4.90 Å². The quantitative estimate of drug-likeness (QED) is 0.530. The molecule has 84 valence electrons. The number of rotatable bonds is 2. The summed E-state index contributed by atoms with van der Waals surface area (Å²) < 4.78 is 0. The van der Waals surface area contributed by atoms with E-state index < -0.39 is 0 Å². The van der Waals surface area contributed by atoms with Crippen molar-refractivity contribution in [2.75, 3.05) is 14.1 Å². The molecule has 0 N–H and O–H groups in total. The van der Waals surface area contributed by atoms with Crippen molar-refractivity contribution in [3.63, 3.8) is 0 Å². The van der Waals surface area contributed by atoms with Crippen LogP contribution in [0.25, 0.3) is 0 Å². The van der Waals surface area contributed by atoms with Crippen LogP contribution < -0.4 is 18.9 Å². The first kappa shape index (κ1) is 18.2. The van der Waals surface area contributed by atoms with Gasteiger partial charge in [0.1, 0.15) is 0 Å². The maximum absolute atomic E-state index is 2.16. The summed E-state index contributed by atoms with van der Waals surface area (Å²) >= 11 is 0. The molecular formula is C13H17FeLiN-. The summed E-state index contributed by atoms with van der Waals surface area (Å²) in [6.45, 7) is 1.05. The van der Waals surface area contributed by atoms with Crippen LogP contribution in [-0.4, -0.2) is 19.0 Å². The van der Waals surface area contributed by atoms with E-state index in [1.165, 1.54) is 5.56 Å². The van der Waals surface area contributed by atoms with Gasteiger partial charge in [0.05, 0.1) is 0 Å². The van der Waals surface area contributed by atoms with E-state index in [1.807, 2.05) is 30.3 Å². The minimum absolute atomic E-state index is 0. The van der Waals surface area contributed by atoms with Gasteiger partial charge < -0.3 is 4.90 Å². The molecule has 0 amide bonds. The maximum Gasteiger partial charge on any atom is 1.00 e. The molecular weight excluding hydrogens is 233 g/mol. The number of nitrogens with zero attached hydrogens (tertiary/aromatic N) is 1. The van der Waals surface area contributed by atoms with Gasteiger partial charge >= 0.3 is 18.9 Å². The van der Waals surface area contributed by atoms with Crippen LogP contribution in [-0.2, 0) is 23.6 Å². The fourth-order valence-electron chi connectivity index (χ4n) is 1.21. The van der Waals surface area contributed by atoms with E-state index in [-0.39, 0.29) is 35.9 Å². The normalized spacial score (nSPS) is 8.44. The van der Waals surface area contributed by atoms with E-state index in [0.717, 1.165) is 6.54 Å². The zero-order valence-electron chi connectivity index (χ0n) is 10.2. The van der Waals surface area contributed by atoms with Gasteiger partial charge in [-0.15, -0.1) is 0 Å². The Hall–Kier alpha value is -0.223. The van der Waals surface area contributed by atoms with Crippen LogP contribution in [0.4, 0.5) is 0 Å². The third-order valence-corrected chi connectivity index (χ3v) is 1.79. The minimum Gasteiger partial charge on any atom is -0.307 e. The van der Waals surface area contributed by atoms with E-state index >= 15 is 0 Å². The molecule has 1 nitrogen and oxygen atoms in total. The third kappa shape index (κ3) is 9.04. The molecule has 0 saturated heterocycles. The predicted octanol–water partition coefficient (Wildman–Crippen LogP) is -0.126. The fraction of sp³-hybridized carbons (Fsp3) is 0.231. The molecule has 2 aromatic carbocycles. The van der Waals surface area contributed by atoms with Crippen LogP contribution >= 0.6 is 0 Å². The second-order valence-electron chi connectivity index (χ2n) is 3.49. The van der Waals surface area contributed by atoms with E-state index in [2.05, 4.69) is 43.3 Å². The first-order chi connectivity index (χ1) is 6.79. The Morgan fingerprint density at radius 3 is 2.00 bits per heavy atom.